The number of carbonyl (C=O) groups is 1. The summed E-state index contributed by atoms with van der Waals surface area (Å²) in [6.45, 7) is 1.86. The van der Waals surface area contributed by atoms with Gasteiger partial charge in [-0.25, -0.2) is 0 Å². The fourth-order valence-electron chi connectivity index (χ4n) is 1.66. The van der Waals surface area contributed by atoms with E-state index < -0.39 is 0 Å². The summed E-state index contributed by atoms with van der Waals surface area (Å²) in [5.74, 6) is 1.46. The third-order valence-corrected chi connectivity index (χ3v) is 4.07. The lowest BCUT2D eigenvalue weighted by atomic mass is 10.1. The lowest BCUT2D eigenvalue weighted by molar-refractivity contribution is -0.124. The Labute approximate surface area is 95.2 Å². The van der Waals surface area contributed by atoms with Crippen molar-refractivity contribution in [3.63, 3.8) is 0 Å². The summed E-state index contributed by atoms with van der Waals surface area (Å²) in [6, 6.07) is 0.103. The van der Waals surface area contributed by atoms with Crippen molar-refractivity contribution in [3.05, 3.63) is 0 Å². The van der Waals surface area contributed by atoms with Crippen LogP contribution in [-0.4, -0.2) is 36.0 Å². The van der Waals surface area contributed by atoms with Crippen LogP contribution >= 0.6 is 24.2 Å². The first-order valence-corrected chi connectivity index (χ1v) is 6.04. The zero-order valence-electron chi connectivity index (χ0n) is 8.12. The summed E-state index contributed by atoms with van der Waals surface area (Å²) < 4.78 is 0. The summed E-state index contributed by atoms with van der Waals surface area (Å²) in [5.41, 5.74) is 0. The molecule has 2 saturated heterocycles. The molecule has 0 aromatic rings. The number of carbonyl (C=O) groups excluding carboxylic acids is 1. The molecule has 0 saturated carbocycles. The van der Waals surface area contributed by atoms with Crippen LogP contribution < -0.4 is 10.6 Å². The molecule has 0 aliphatic carbocycles. The zero-order valence-corrected chi connectivity index (χ0v) is 9.76. The Morgan fingerprint density at radius 2 is 2.29 bits per heavy atom. The molecular weight excluding hydrogens is 220 g/mol. The minimum Gasteiger partial charge on any atom is -0.354 e. The van der Waals surface area contributed by atoms with Gasteiger partial charge in [0.15, 0.2) is 0 Å². The maximum absolute atomic E-state index is 11.4. The molecule has 2 aliphatic rings. The monoisotopic (exact) mass is 236 g/mol. The minimum absolute atomic E-state index is 0. The third-order valence-electron chi connectivity index (χ3n) is 2.67. The average molecular weight is 237 g/mol. The number of hydrogen-bond acceptors (Lipinski definition) is 3. The number of nitrogens with one attached hydrogen (secondary N) is 2. The summed E-state index contributed by atoms with van der Waals surface area (Å²) in [6.07, 6.45) is 3.58. The standard InChI is InChI=1S/C9H16N2OS.ClH/c12-9(8-3-4-10-8)11-6-7-2-1-5-13-7;/h7-8,10H,1-6H2,(H,11,12);1H/t7?,8-;/m1./s1. The van der Waals surface area contributed by atoms with Gasteiger partial charge in [-0.1, -0.05) is 0 Å². The maximum Gasteiger partial charge on any atom is 0.237 e. The fraction of sp³-hybridized carbons (Fsp3) is 0.889. The van der Waals surface area contributed by atoms with Gasteiger partial charge in [0.1, 0.15) is 0 Å². The SMILES string of the molecule is Cl.O=C(NCC1CCCS1)[C@H]1CCN1. The molecule has 5 heteroatoms. The Kier molecular flexibility index (Phi) is 5.06. The summed E-state index contributed by atoms with van der Waals surface area (Å²) in [4.78, 5) is 11.4. The van der Waals surface area contributed by atoms with Gasteiger partial charge in [0.25, 0.3) is 0 Å². The van der Waals surface area contributed by atoms with Crippen LogP contribution in [0.3, 0.4) is 0 Å². The lowest BCUT2D eigenvalue weighted by Gasteiger charge is -2.26. The molecule has 0 aromatic carbocycles. The molecule has 0 spiro atoms. The molecule has 0 aromatic heterocycles. The molecule has 3 nitrogen and oxygen atoms in total. The van der Waals surface area contributed by atoms with Crippen molar-refractivity contribution in [1.29, 1.82) is 0 Å². The molecule has 2 atom stereocenters. The Bertz CT molecular complexity index is 193. The molecule has 2 heterocycles. The van der Waals surface area contributed by atoms with Gasteiger partial charge in [-0.15, -0.1) is 12.4 Å². The summed E-state index contributed by atoms with van der Waals surface area (Å²) in [5, 5.41) is 6.78. The van der Waals surface area contributed by atoms with Crippen molar-refractivity contribution in [2.45, 2.75) is 30.6 Å². The number of halogens is 1. The van der Waals surface area contributed by atoms with Gasteiger partial charge in [0.05, 0.1) is 6.04 Å². The van der Waals surface area contributed by atoms with Crippen molar-refractivity contribution in [1.82, 2.24) is 10.6 Å². The molecule has 2 fully saturated rings. The molecule has 0 radical (unpaired) electrons. The first kappa shape index (κ1) is 12.1. The van der Waals surface area contributed by atoms with Crippen LogP contribution in [-0.2, 0) is 4.79 Å². The van der Waals surface area contributed by atoms with Gasteiger partial charge in [0.2, 0.25) is 5.91 Å². The number of thioether (sulfide) groups is 1. The van der Waals surface area contributed by atoms with E-state index in [-0.39, 0.29) is 24.4 Å². The first-order valence-electron chi connectivity index (χ1n) is 4.99. The Morgan fingerprint density at radius 1 is 1.50 bits per heavy atom. The van der Waals surface area contributed by atoms with E-state index in [9.17, 15) is 4.79 Å². The molecule has 14 heavy (non-hydrogen) atoms. The van der Waals surface area contributed by atoms with Gasteiger partial charge in [-0.2, -0.15) is 11.8 Å². The van der Waals surface area contributed by atoms with E-state index in [1.807, 2.05) is 11.8 Å². The number of rotatable bonds is 3. The molecule has 2 N–H and O–H groups in total. The molecule has 0 bridgehead atoms. The third kappa shape index (κ3) is 3.04. The van der Waals surface area contributed by atoms with Crippen molar-refractivity contribution in [3.8, 4) is 0 Å². The van der Waals surface area contributed by atoms with E-state index in [1.54, 1.807) is 0 Å². The predicted octanol–water partition coefficient (Wildman–Crippen LogP) is 0.782. The Hall–Kier alpha value is 0.0700. The molecule has 1 unspecified atom stereocenters. The molecule has 82 valence electrons. The summed E-state index contributed by atoms with van der Waals surface area (Å²) in [7, 11) is 0. The quantitative estimate of drug-likeness (QED) is 0.761. The second-order valence-corrected chi connectivity index (χ2v) is 5.08. The van der Waals surface area contributed by atoms with E-state index in [1.165, 1.54) is 18.6 Å². The van der Waals surface area contributed by atoms with Crippen LogP contribution in [0.25, 0.3) is 0 Å². The molecule has 2 rings (SSSR count). The number of hydrogen-bond donors (Lipinski definition) is 2. The smallest absolute Gasteiger partial charge is 0.237 e. The number of amides is 1. The normalized spacial score (nSPS) is 30.3. The van der Waals surface area contributed by atoms with Gasteiger partial charge in [-0.05, 0) is 31.6 Å². The zero-order chi connectivity index (χ0) is 9.10. The van der Waals surface area contributed by atoms with Crippen LogP contribution in [0.2, 0.25) is 0 Å². The van der Waals surface area contributed by atoms with Crippen LogP contribution in [0, 0.1) is 0 Å². The van der Waals surface area contributed by atoms with Crippen molar-refractivity contribution < 1.29 is 4.79 Å². The minimum atomic E-state index is 0. The fourth-order valence-corrected chi connectivity index (χ4v) is 2.86. The van der Waals surface area contributed by atoms with E-state index >= 15 is 0 Å². The highest BCUT2D eigenvalue weighted by molar-refractivity contribution is 8.00. The van der Waals surface area contributed by atoms with E-state index in [4.69, 9.17) is 0 Å². The van der Waals surface area contributed by atoms with Crippen LogP contribution in [0.15, 0.2) is 0 Å². The Morgan fingerprint density at radius 3 is 2.79 bits per heavy atom. The highest BCUT2D eigenvalue weighted by Crippen LogP contribution is 2.25. The van der Waals surface area contributed by atoms with Gasteiger partial charge in [0, 0.05) is 11.8 Å². The molecule has 2 aliphatic heterocycles. The van der Waals surface area contributed by atoms with E-state index in [2.05, 4.69) is 10.6 Å². The largest absolute Gasteiger partial charge is 0.354 e. The van der Waals surface area contributed by atoms with Crippen molar-refractivity contribution in [2.75, 3.05) is 18.8 Å². The van der Waals surface area contributed by atoms with Gasteiger partial charge >= 0.3 is 0 Å². The highest BCUT2D eigenvalue weighted by atomic mass is 35.5. The average Bonchev–Trinajstić information content (AvgIpc) is 2.49. The van der Waals surface area contributed by atoms with E-state index in [0.29, 0.717) is 5.25 Å². The summed E-state index contributed by atoms with van der Waals surface area (Å²) >= 11 is 1.99. The van der Waals surface area contributed by atoms with E-state index in [0.717, 1.165) is 19.5 Å². The van der Waals surface area contributed by atoms with Gasteiger partial charge in [-0.3, -0.25) is 4.79 Å². The second-order valence-electron chi connectivity index (χ2n) is 3.68. The topological polar surface area (TPSA) is 41.1 Å². The van der Waals surface area contributed by atoms with Crippen molar-refractivity contribution >= 4 is 30.1 Å². The highest BCUT2D eigenvalue weighted by Gasteiger charge is 2.25. The Balaban J connectivity index is 0.000000980. The second kappa shape index (κ2) is 5.83. The van der Waals surface area contributed by atoms with Crippen LogP contribution in [0.4, 0.5) is 0 Å². The van der Waals surface area contributed by atoms with Crippen LogP contribution in [0.5, 0.6) is 0 Å². The van der Waals surface area contributed by atoms with Gasteiger partial charge < -0.3 is 10.6 Å². The molecule has 1 amide bonds. The van der Waals surface area contributed by atoms with Crippen LogP contribution in [0.1, 0.15) is 19.3 Å². The lowest BCUT2D eigenvalue weighted by Crippen LogP contribution is -2.53. The first-order chi connectivity index (χ1) is 6.36. The predicted molar refractivity (Wildman–Crippen MR) is 62.1 cm³/mol. The van der Waals surface area contributed by atoms with Crippen molar-refractivity contribution in [2.24, 2.45) is 0 Å². The maximum atomic E-state index is 11.4. The molecular formula is C9H17ClN2OS.